The third-order valence-electron chi connectivity index (χ3n) is 3.73. The van der Waals surface area contributed by atoms with Crippen molar-refractivity contribution in [1.29, 1.82) is 0 Å². The van der Waals surface area contributed by atoms with E-state index in [0.717, 1.165) is 17.5 Å². The normalized spacial score (nSPS) is 19.2. The first kappa shape index (κ1) is 13.6. The van der Waals surface area contributed by atoms with Gasteiger partial charge in [-0.2, -0.15) is 0 Å². The highest BCUT2D eigenvalue weighted by Gasteiger charge is 2.28. The van der Waals surface area contributed by atoms with Crippen molar-refractivity contribution in [3.05, 3.63) is 35.4 Å². The first-order valence-electron chi connectivity index (χ1n) is 6.63. The van der Waals surface area contributed by atoms with Gasteiger partial charge in [-0.25, -0.2) is 0 Å². The fourth-order valence-corrected chi connectivity index (χ4v) is 2.49. The molecule has 0 radical (unpaired) electrons. The molecule has 0 unspecified atom stereocenters. The number of rotatable bonds is 3. The summed E-state index contributed by atoms with van der Waals surface area (Å²) in [6.45, 7) is 3.01. The number of aryl methyl sites for hydroxylation is 1. The van der Waals surface area contributed by atoms with Crippen LogP contribution < -0.4 is 0 Å². The fourth-order valence-electron chi connectivity index (χ4n) is 2.49. The van der Waals surface area contributed by atoms with Gasteiger partial charge in [0.15, 0.2) is 0 Å². The molecule has 1 aliphatic heterocycles. The topological polar surface area (TPSA) is 57.6 Å². The van der Waals surface area contributed by atoms with E-state index >= 15 is 0 Å². The standard InChI is InChI=1S/C15H19NO3/c1-11-5-2-3-6-12(11)9-14(17)16-8-4-7-13(10-16)15(18)19/h2-3,5-6,13H,4,7-10H2,1H3,(H,18,19)/t13-/m1/s1. The maximum atomic E-state index is 12.2. The summed E-state index contributed by atoms with van der Waals surface area (Å²) in [5.74, 6) is -1.18. The van der Waals surface area contributed by atoms with Crippen molar-refractivity contribution in [1.82, 2.24) is 4.90 Å². The molecule has 2 rings (SSSR count). The van der Waals surface area contributed by atoms with Gasteiger partial charge in [0, 0.05) is 13.1 Å². The number of amides is 1. The number of carbonyl (C=O) groups is 2. The number of aliphatic carboxylic acids is 1. The van der Waals surface area contributed by atoms with Crippen molar-refractivity contribution in [3.8, 4) is 0 Å². The number of hydrogen-bond acceptors (Lipinski definition) is 2. The number of piperidine rings is 1. The molecule has 0 saturated carbocycles. The highest BCUT2D eigenvalue weighted by molar-refractivity contribution is 5.80. The van der Waals surface area contributed by atoms with Gasteiger partial charge in [-0.3, -0.25) is 9.59 Å². The maximum Gasteiger partial charge on any atom is 0.308 e. The number of hydrogen-bond donors (Lipinski definition) is 1. The predicted molar refractivity (Wildman–Crippen MR) is 71.8 cm³/mol. The number of nitrogens with zero attached hydrogens (tertiary/aromatic N) is 1. The zero-order valence-electron chi connectivity index (χ0n) is 11.1. The molecule has 102 valence electrons. The molecule has 0 aliphatic carbocycles. The fraction of sp³-hybridized carbons (Fsp3) is 0.467. The maximum absolute atomic E-state index is 12.2. The van der Waals surface area contributed by atoms with Gasteiger partial charge >= 0.3 is 5.97 Å². The van der Waals surface area contributed by atoms with Crippen molar-refractivity contribution in [2.45, 2.75) is 26.2 Å². The Kier molecular flexibility index (Phi) is 4.20. The van der Waals surface area contributed by atoms with Crippen molar-refractivity contribution in [3.63, 3.8) is 0 Å². The molecule has 0 bridgehead atoms. The predicted octanol–water partition coefficient (Wildman–Crippen LogP) is 1.86. The number of carboxylic acids is 1. The summed E-state index contributed by atoms with van der Waals surface area (Å²) < 4.78 is 0. The molecule has 4 heteroatoms. The lowest BCUT2D eigenvalue weighted by molar-refractivity contribution is -0.145. The Labute approximate surface area is 113 Å². The van der Waals surface area contributed by atoms with Crippen molar-refractivity contribution >= 4 is 11.9 Å². The van der Waals surface area contributed by atoms with Crippen LogP contribution in [0.15, 0.2) is 24.3 Å². The lowest BCUT2D eigenvalue weighted by atomic mass is 9.97. The average molecular weight is 261 g/mol. The van der Waals surface area contributed by atoms with E-state index in [0.29, 0.717) is 25.9 Å². The highest BCUT2D eigenvalue weighted by atomic mass is 16.4. The van der Waals surface area contributed by atoms with Crippen molar-refractivity contribution in [2.75, 3.05) is 13.1 Å². The molecule has 1 aromatic carbocycles. The summed E-state index contributed by atoms with van der Waals surface area (Å²) in [6.07, 6.45) is 1.80. The SMILES string of the molecule is Cc1ccccc1CC(=O)N1CCC[C@@H](C(=O)O)C1. The van der Waals surface area contributed by atoms with Crippen molar-refractivity contribution in [2.24, 2.45) is 5.92 Å². The van der Waals surface area contributed by atoms with Gasteiger partial charge in [0.2, 0.25) is 5.91 Å². The third kappa shape index (κ3) is 3.34. The summed E-state index contributed by atoms with van der Waals surface area (Å²) in [5.41, 5.74) is 2.12. The lowest BCUT2D eigenvalue weighted by Crippen LogP contribution is -2.43. The molecule has 4 nitrogen and oxygen atoms in total. The van der Waals surface area contributed by atoms with Gasteiger partial charge in [-0.1, -0.05) is 24.3 Å². The van der Waals surface area contributed by atoms with Crippen LogP contribution in [0.1, 0.15) is 24.0 Å². The van der Waals surface area contributed by atoms with Crippen LogP contribution in [0, 0.1) is 12.8 Å². The van der Waals surface area contributed by atoms with Crippen LogP contribution in [-0.2, 0) is 16.0 Å². The molecule has 1 amide bonds. The molecule has 1 aromatic rings. The summed E-state index contributed by atoms with van der Waals surface area (Å²) in [5, 5.41) is 9.03. The highest BCUT2D eigenvalue weighted by Crippen LogP contribution is 2.18. The zero-order valence-corrected chi connectivity index (χ0v) is 11.1. The summed E-state index contributed by atoms with van der Waals surface area (Å²) in [6, 6.07) is 7.81. The Morgan fingerprint density at radius 3 is 2.79 bits per heavy atom. The van der Waals surface area contributed by atoms with E-state index in [9.17, 15) is 9.59 Å². The molecule has 1 fully saturated rings. The van der Waals surface area contributed by atoms with E-state index in [4.69, 9.17) is 5.11 Å². The number of likely N-dealkylation sites (tertiary alicyclic amines) is 1. The van der Waals surface area contributed by atoms with Crippen LogP contribution in [-0.4, -0.2) is 35.0 Å². The molecule has 1 saturated heterocycles. The minimum atomic E-state index is -0.798. The van der Waals surface area contributed by atoms with Gasteiger partial charge in [0.25, 0.3) is 0 Å². The minimum Gasteiger partial charge on any atom is -0.481 e. The smallest absolute Gasteiger partial charge is 0.308 e. The Morgan fingerprint density at radius 2 is 2.11 bits per heavy atom. The quantitative estimate of drug-likeness (QED) is 0.903. The van der Waals surface area contributed by atoms with Crippen LogP contribution in [0.2, 0.25) is 0 Å². The number of carbonyl (C=O) groups excluding carboxylic acids is 1. The van der Waals surface area contributed by atoms with Gasteiger partial charge in [0.05, 0.1) is 12.3 Å². The number of benzene rings is 1. The second-order valence-corrected chi connectivity index (χ2v) is 5.12. The Balaban J connectivity index is 2.00. The number of carboxylic acid groups (broad SMARTS) is 1. The van der Waals surface area contributed by atoms with E-state index in [1.807, 2.05) is 31.2 Å². The zero-order chi connectivity index (χ0) is 13.8. The van der Waals surface area contributed by atoms with E-state index in [1.54, 1.807) is 4.90 Å². The molecular weight excluding hydrogens is 242 g/mol. The van der Waals surface area contributed by atoms with Gasteiger partial charge in [0.1, 0.15) is 0 Å². The van der Waals surface area contributed by atoms with Crippen LogP contribution >= 0.6 is 0 Å². The van der Waals surface area contributed by atoms with Gasteiger partial charge in [-0.15, -0.1) is 0 Å². The molecule has 1 N–H and O–H groups in total. The van der Waals surface area contributed by atoms with Crippen LogP contribution in [0.4, 0.5) is 0 Å². The molecule has 0 aromatic heterocycles. The summed E-state index contributed by atoms with van der Waals surface area (Å²) in [7, 11) is 0. The Morgan fingerprint density at radius 1 is 1.37 bits per heavy atom. The van der Waals surface area contributed by atoms with E-state index in [1.165, 1.54) is 0 Å². The van der Waals surface area contributed by atoms with Crippen LogP contribution in [0.5, 0.6) is 0 Å². The van der Waals surface area contributed by atoms with E-state index < -0.39 is 11.9 Å². The first-order chi connectivity index (χ1) is 9.08. The van der Waals surface area contributed by atoms with E-state index in [2.05, 4.69) is 0 Å². The molecule has 1 heterocycles. The van der Waals surface area contributed by atoms with E-state index in [-0.39, 0.29) is 5.91 Å². The van der Waals surface area contributed by atoms with Crippen LogP contribution in [0.3, 0.4) is 0 Å². The average Bonchev–Trinajstić information content (AvgIpc) is 2.41. The molecule has 19 heavy (non-hydrogen) atoms. The largest absolute Gasteiger partial charge is 0.481 e. The Hall–Kier alpha value is -1.84. The molecular formula is C15H19NO3. The third-order valence-corrected chi connectivity index (χ3v) is 3.73. The second-order valence-electron chi connectivity index (χ2n) is 5.12. The molecule has 0 spiro atoms. The monoisotopic (exact) mass is 261 g/mol. The molecule has 1 atom stereocenters. The molecule has 1 aliphatic rings. The Bertz CT molecular complexity index is 484. The van der Waals surface area contributed by atoms with Gasteiger partial charge in [-0.05, 0) is 30.9 Å². The minimum absolute atomic E-state index is 0.0280. The second kappa shape index (κ2) is 5.87. The van der Waals surface area contributed by atoms with Gasteiger partial charge < -0.3 is 10.0 Å². The summed E-state index contributed by atoms with van der Waals surface area (Å²) >= 11 is 0. The summed E-state index contributed by atoms with van der Waals surface area (Å²) in [4.78, 5) is 24.9. The van der Waals surface area contributed by atoms with Crippen molar-refractivity contribution < 1.29 is 14.7 Å². The van der Waals surface area contributed by atoms with Crippen LogP contribution in [0.25, 0.3) is 0 Å². The lowest BCUT2D eigenvalue weighted by Gasteiger charge is -2.31. The first-order valence-corrected chi connectivity index (χ1v) is 6.63.